The maximum Gasteiger partial charge on any atom is 0.107 e. The van der Waals surface area contributed by atoms with Crippen LogP contribution in [0.4, 0.5) is 0 Å². The number of hydrogen-bond donors (Lipinski definition) is 1. The highest BCUT2D eigenvalue weighted by Crippen LogP contribution is 2.35. The first-order chi connectivity index (χ1) is 10.3. The van der Waals surface area contributed by atoms with Gasteiger partial charge in [-0.05, 0) is 38.5 Å². The van der Waals surface area contributed by atoms with Crippen LogP contribution in [0.15, 0.2) is 5.38 Å². The third-order valence-corrected chi connectivity index (χ3v) is 5.44. The van der Waals surface area contributed by atoms with Crippen molar-refractivity contribution in [2.75, 3.05) is 20.3 Å². The van der Waals surface area contributed by atoms with E-state index in [1.54, 1.807) is 18.4 Å². The van der Waals surface area contributed by atoms with Crippen LogP contribution < -0.4 is 5.32 Å². The van der Waals surface area contributed by atoms with Gasteiger partial charge in [-0.15, -0.1) is 11.3 Å². The highest BCUT2D eigenvalue weighted by atomic mass is 32.1. The minimum absolute atomic E-state index is 0.648. The van der Waals surface area contributed by atoms with E-state index in [1.807, 2.05) is 0 Å². The number of nitrogens with one attached hydrogen (secondary N) is 1. The van der Waals surface area contributed by atoms with Crippen LogP contribution in [0.5, 0.6) is 0 Å². The summed E-state index contributed by atoms with van der Waals surface area (Å²) in [5.41, 5.74) is 1.22. The molecule has 2 saturated carbocycles. The Bertz CT molecular complexity index is 442. The molecule has 3 rings (SSSR count). The Kier molecular flexibility index (Phi) is 5.27. The lowest BCUT2D eigenvalue weighted by molar-refractivity contribution is 0.111. The first-order valence-corrected chi connectivity index (χ1v) is 9.04. The van der Waals surface area contributed by atoms with Crippen molar-refractivity contribution in [3.8, 4) is 0 Å². The average Bonchev–Trinajstić information content (AvgIpc) is 3.40. The van der Waals surface area contributed by atoms with E-state index in [0.717, 1.165) is 38.2 Å². The fourth-order valence-corrected chi connectivity index (χ4v) is 3.48. The normalized spacial score (nSPS) is 20.1. The smallest absolute Gasteiger partial charge is 0.107 e. The molecular weight excluding hydrogens is 282 g/mol. The molecule has 2 aliphatic rings. The molecule has 5 heteroatoms. The highest BCUT2D eigenvalue weighted by molar-refractivity contribution is 7.09. The first-order valence-electron chi connectivity index (χ1n) is 8.16. The zero-order valence-corrected chi connectivity index (χ0v) is 14.0. The van der Waals surface area contributed by atoms with Crippen molar-refractivity contribution in [2.45, 2.75) is 57.8 Å². The van der Waals surface area contributed by atoms with Crippen LogP contribution in [0.2, 0.25) is 0 Å². The van der Waals surface area contributed by atoms with Gasteiger partial charge < -0.3 is 10.1 Å². The largest absolute Gasteiger partial charge is 0.383 e. The summed E-state index contributed by atoms with van der Waals surface area (Å²) in [6, 6.07) is 1.40. The van der Waals surface area contributed by atoms with E-state index in [0.29, 0.717) is 6.04 Å². The van der Waals surface area contributed by atoms with Crippen LogP contribution in [0.25, 0.3) is 0 Å². The minimum atomic E-state index is 0.648. The molecule has 21 heavy (non-hydrogen) atoms. The second kappa shape index (κ2) is 7.18. The van der Waals surface area contributed by atoms with Crippen LogP contribution in [-0.2, 0) is 17.8 Å². The van der Waals surface area contributed by atoms with Crippen LogP contribution in [0.1, 0.15) is 43.3 Å². The van der Waals surface area contributed by atoms with Crippen molar-refractivity contribution < 1.29 is 4.74 Å². The third kappa shape index (κ3) is 4.74. The number of nitrogens with zero attached hydrogens (tertiary/aromatic N) is 2. The molecule has 1 aromatic heterocycles. The highest BCUT2D eigenvalue weighted by Gasteiger charge is 2.32. The number of aromatic nitrogens is 1. The molecule has 2 fully saturated rings. The van der Waals surface area contributed by atoms with Crippen LogP contribution in [-0.4, -0.2) is 42.2 Å². The van der Waals surface area contributed by atoms with E-state index in [2.05, 4.69) is 22.5 Å². The average molecular weight is 309 g/mol. The summed E-state index contributed by atoms with van der Waals surface area (Å²) >= 11 is 1.79. The maximum atomic E-state index is 5.27. The second-order valence-corrected chi connectivity index (χ2v) is 7.37. The van der Waals surface area contributed by atoms with Gasteiger partial charge in [-0.1, -0.05) is 0 Å². The van der Waals surface area contributed by atoms with E-state index in [-0.39, 0.29) is 0 Å². The lowest BCUT2D eigenvalue weighted by atomic mass is 10.2. The fraction of sp³-hybridized carbons (Fsp3) is 0.812. The van der Waals surface area contributed by atoms with Crippen molar-refractivity contribution in [3.63, 3.8) is 0 Å². The predicted molar refractivity (Wildman–Crippen MR) is 86.4 cm³/mol. The third-order valence-electron chi connectivity index (χ3n) is 4.55. The summed E-state index contributed by atoms with van der Waals surface area (Å²) in [6.07, 6.45) is 5.44. The van der Waals surface area contributed by atoms with Crippen LogP contribution >= 0.6 is 11.3 Å². The molecule has 0 spiro atoms. The number of rotatable bonds is 10. The number of methoxy groups -OCH3 is 1. The summed E-state index contributed by atoms with van der Waals surface area (Å²) in [4.78, 5) is 7.33. The lowest BCUT2D eigenvalue weighted by Crippen LogP contribution is -2.36. The Balaban J connectivity index is 1.52. The summed E-state index contributed by atoms with van der Waals surface area (Å²) in [5.74, 6) is 0.886. The molecule has 1 heterocycles. The summed E-state index contributed by atoms with van der Waals surface area (Å²) in [7, 11) is 1.78. The molecular formula is C16H27N3OS. The van der Waals surface area contributed by atoms with Crippen molar-refractivity contribution >= 4 is 11.3 Å². The molecule has 2 aliphatic carbocycles. The topological polar surface area (TPSA) is 37.4 Å². The van der Waals surface area contributed by atoms with E-state index in [1.165, 1.54) is 36.4 Å². The Morgan fingerprint density at radius 3 is 2.90 bits per heavy atom. The molecule has 118 valence electrons. The van der Waals surface area contributed by atoms with E-state index in [4.69, 9.17) is 9.72 Å². The van der Waals surface area contributed by atoms with Crippen molar-refractivity contribution in [3.05, 3.63) is 16.1 Å². The van der Waals surface area contributed by atoms with Gasteiger partial charge in [0, 0.05) is 44.2 Å². The molecule has 0 bridgehead atoms. The quantitative estimate of drug-likeness (QED) is 0.721. The molecule has 0 aromatic carbocycles. The molecule has 0 radical (unpaired) electrons. The van der Waals surface area contributed by atoms with E-state index >= 15 is 0 Å². The Labute approximate surface area is 131 Å². The first kappa shape index (κ1) is 15.4. The maximum absolute atomic E-state index is 5.27. The van der Waals surface area contributed by atoms with Gasteiger partial charge in [-0.3, -0.25) is 4.90 Å². The molecule has 0 amide bonds. The van der Waals surface area contributed by atoms with Crippen molar-refractivity contribution in [2.24, 2.45) is 5.92 Å². The fourth-order valence-electron chi connectivity index (χ4n) is 2.74. The standard InChI is InChI=1S/C16H27N3OS/c1-12(13-3-4-13)19(7-8-20-2)10-15-11-21-16(18-15)9-17-14-5-6-14/h11-14,17H,3-10H2,1-2H3. The van der Waals surface area contributed by atoms with Crippen molar-refractivity contribution in [1.82, 2.24) is 15.2 Å². The molecule has 1 aromatic rings. The molecule has 1 unspecified atom stereocenters. The summed E-state index contributed by atoms with van der Waals surface area (Å²) < 4.78 is 5.27. The van der Waals surface area contributed by atoms with Gasteiger partial charge >= 0.3 is 0 Å². The molecule has 1 atom stereocenters. The predicted octanol–water partition coefficient (Wildman–Crippen LogP) is 2.64. The number of ether oxygens (including phenoxy) is 1. The van der Waals surface area contributed by atoms with Crippen LogP contribution in [0, 0.1) is 5.92 Å². The van der Waals surface area contributed by atoms with E-state index < -0.39 is 0 Å². The van der Waals surface area contributed by atoms with Gasteiger partial charge in [0.1, 0.15) is 5.01 Å². The summed E-state index contributed by atoms with van der Waals surface area (Å²) in [6.45, 7) is 6.06. The van der Waals surface area contributed by atoms with Crippen molar-refractivity contribution in [1.29, 1.82) is 0 Å². The van der Waals surface area contributed by atoms with Gasteiger partial charge in [0.25, 0.3) is 0 Å². The van der Waals surface area contributed by atoms with Gasteiger partial charge in [-0.25, -0.2) is 4.98 Å². The zero-order valence-electron chi connectivity index (χ0n) is 13.2. The van der Waals surface area contributed by atoms with Gasteiger partial charge in [0.2, 0.25) is 0 Å². The Morgan fingerprint density at radius 2 is 2.24 bits per heavy atom. The monoisotopic (exact) mass is 309 g/mol. The molecule has 0 aliphatic heterocycles. The van der Waals surface area contributed by atoms with Gasteiger partial charge in [0.05, 0.1) is 12.3 Å². The molecule has 0 saturated heterocycles. The Hall–Kier alpha value is -0.490. The van der Waals surface area contributed by atoms with Gasteiger partial charge in [0.15, 0.2) is 0 Å². The number of hydrogen-bond acceptors (Lipinski definition) is 5. The SMILES string of the molecule is COCCN(Cc1csc(CNC2CC2)n1)C(C)C1CC1. The molecule has 1 N–H and O–H groups in total. The minimum Gasteiger partial charge on any atom is -0.383 e. The zero-order chi connectivity index (χ0) is 14.7. The number of thiazole rings is 1. The van der Waals surface area contributed by atoms with Gasteiger partial charge in [-0.2, -0.15) is 0 Å². The molecule has 4 nitrogen and oxygen atoms in total. The second-order valence-electron chi connectivity index (χ2n) is 6.43. The lowest BCUT2D eigenvalue weighted by Gasteiger charge is -2.28. The van der Waals surface area contributed by atoms with E-state index in [9.17, 15) is 0 Å². The van der Waals surface area contributed by atoms with Crippen LogP contribution in [0.3, 0.4) is 0 Å². The summed E-state index contributed by atoms with van der Waals surface area (Å²) in [5, 5.41) is 6.99. The Morgan fingerprint density at radius 1 is 1.43 bits per heavy atom.